The van der Waals surface area contributed by atoms with E-state index in [1.165, 1.54) is 10.4 Å². The predicted molar refractivity (Wildman–Crippen MR) is 105 cm³/mol. The summed E-state index contributed by atoms with van der Waals surface area (Å²) in [7, 11) is 1.78. The Labute approximate surface area is 157 Å². The molecule has 0 atom stereocenters. The van der Waals surface area contributed by atoms with Gasteiger partial charge in [-0.2, -0.15) is 0 Å². The predicted octanol–water partition coefficient (Wildman–Crippen LogP) is 3.90. The molecule has 1 aromatic carbocycles. The maximum absolute atomic E-state index is 13.1. The fraction of sp³-hybridized carbons (Fsp3) is 0.353. The standard InChI is InChI=1S/C17H20FN3S.HI/c1-19-16(20-11-15-3-2-10-22-15)21-12-17(8-9-17)13-4-6-14(18)7-5-13;/h2-7,10H,8-9,11-12H2,1H3,(H2,19,20,21);1H. The van der Waals surface area contributed by atoms with Crippen molar-refractivity contribution in [3.63, 3.8) is 0 Å². The molecule has 1 saturated carbocycles. The summed E-state index contributed by atoms with van der Waals surface area (Å²) in [6.45, 7) is 1.60. The number of nitrogens with one attached hydrogen (secondary N) is 2. The number of hydrogen-bond acceptors (Lipinski definition) is 2. The molecule has 1 aliphatic rings. The molecule has 3 rings (SSSR count). The molecule has 0 unspecified atom stereocenters. The summed E-state index contributed by atoms with van der Waals surface area (Å²) < 4.78 is 13.1. The van der Waals surface area contributed by atoms with Crippen molar-refractivity contribution in [2.24, 2.45) is 4.99 Å². The lowest BCUT2D eigenvalue weighted by Crippen LogP contribution is -2.40. The maximum atomic E-state index is 13.1. The molecule has 1 fully saturated rings. The largest absolute Gasteiger partial charge is 0.356 e. The molecule has 23 heavy (non-hydrogen) atoms. The van der Waals surface area contributed by atoms with E-state index in [-0.39, 0.29) is 35.2 Å². The number of rotatable bonds is 5. The summed E-state index contributed by atoms with van der Waals surface area (Å²) in [6, 6.07) is 11.0. The first kappa shape index (κ1) is 18.2. The highest BCUT2D eigenvalue weighted by Gasteiger charge is 2.44. The van der Waals surface area contributed by atoms with Crippen LogP contribution >= 0.6 is 35.3 Å². The van der Waals surface area contributed by atoms with Crippen molar-refractivity contribution in [3.8, 4) is 0 Å². The van der Waals surface area contributed by atoms with E-state index < -0.39 is 0 Å². The molecule has 0 aliphatic heterocycles. The van der Waals surface area contributed by atoms with Crippen LogP contribution in [0.1, 0.15) is 23.3 Å². The summed E-state index contributed by atoms with van der Waals surface area (Å²) in [4.78, 5) is 5.55. The Bertz CT molecular complexity index is 636. The van der Waals surface area contributed by atoms with Crippen LogP contribution in [0.4, 0.5) is 4.39 Å². The van der Waals surface area contributed by atoms with Crippen LogP contribution in [-0.4, -0.2) is 19.6 Å². The Morgan fingerprint density at radius 1 is 1.22 bits per heavy atom. The highest BCUT2D eigenvalue weighted by molar-refractivity contribution is 14.0. The van der Waals surface area contributed by atoms with Gasteiger partial charge < -0.3 is 10.6 Å². The summed E-state index contributed by atoms with van der Waals surface area (Å²) in [5.41, 5.74) is 1.34. The second-order valence-corrected chi connectivity index (χ2v) is 6.68. The topological polar surface area (TPSA) is 36.4 Å². The van der Waals surface area contributed by atoms with Crippen LogP contribution in [0, 0.1) is 5.82 Å². The van der Waals surface area contributed by atoms with Crippen molar-refractivity contribution in [2.75, 3.05) is 13.6 Å². The van der Waals surface area contributed by atoms with Gasteiger partial charge in [0.1, 0.15) is 5.82 Å². The van der Waals surface area contributed by atoms with Crippen LogP contribution in [0.25, 0.3) is 0 Å². The minimum atomic E-state index is -0.180. The van der Waals surface area contributed by atoms with E-state index in [9.17, 15) is 4.39 Å². The van der Waals surface area contributed by atoms with E-state index in [0.29, 0.717) is 0 Å². The fourth-order valence-electron chi connectivity index (χ4n) is 2.58. The first-order valence-electron chi connectivity index (χ1n) is 7.45. The zero-order valence-corrected chi connectivity index (χ0v) is 16.2. The van der Waals surface area contributed by atoms with Gasteiger partial charge in [0.2, 0.25) is 0 Å². The summed E-state index contributed by atoms with van der Waals surface area (Å²) >= 11 is 1.73. The molecule has 3 nitrogen and oxygen atoms in total. The number of halogens is 2. The minimum absolute atomic E-state index is 0. The van der Waals surface area contributed by atoms with Crippen molar-refractivity contribution < 1.29 is 4.39 Å². The van der Waals surface area contributed by atoms with Crippen molar-refractivity contribution in [3.05, 3.63) is 58.0 Å². The van der Waals surface area contributed by atoms with Crippen LogP contribution in [0.15, 0.2) is 46.8 Å². The molecule has 6 heteroatoms. The number of hydrogen-bond donors (Lipinski definition) is 2. The summed E-state index contributed by atoms with van der Waals surface area (Å²) in [6.07, 6.45) is 2.26. The van der Waals surface area contributed by atoms with Gasteiger partial charge in [0.25, 0.3) is 0 Å². The third kappa shape index (κ3) is 4.67. The number of guanidine groups is 1. The van der Waals surface area contributed by atoms with Crippen molar-refractivity contribution >= 4 is 41.3 Å². The first-order valence-corrected chi connectivity index (χ1v) is 8.33. The van der Waals surface area contributed by atoms with Gasteiger partial charge >= 0.3 is 0 Å². The van der Waals surface area contributed by atoms with Crippen LogP contribution in [0.2, 0.25) is 0 Å². The Morgan fingerprint density at radius 2 is 1.96 bits per heavy atom. The molecular weight excluding hydrogens is 424 g/mol. The quantitative estimate of drug-likeness (QED) is 0.416. The zero-order chi connectivity index (χ0) is 15.4. The van der Waals surface area contributed by atoms with Gasteiger partial charge in [-0.15, -0.1) is 35.3 Å². The molecule has 1 aromatic heterocycles. The van der Waals surface area contributed by atoms with Crippen molar-refractivity contribution in [1.29, 1.82) is 0 Å². The Morgan fingerprint density at radius 3 is 2.52 bits per heavy atom. The highest BCUT2D eigenvalue weighted by Crippen LogP contribution is 2.47. The summed E-state index contributed by atoms with van der Waals surface area (Å²) in [5.74, 6) is 0.628. The number of aliphatic imine (C=N–C) groups is 1. The third-order valence-corrected chi connectivity index (χ3v) is 5.01. The Hall–Kier alpha value is -1.15. The molecule has 2 aromatic rings. The molecule has 1 aliphatic carbocycles. The van der Waals surface area contributed by atoms with Gasteiger partial charge in [-0.3, -0.25) is 4.99 Å². The van der Waals surface area contributed by atoms with Gasteiger partial charge in [-0.1, -0.05) is 18.2 Å². The molecule has 0 saturated heterocycles. The van der Waals surface area contributed by atoms with Gasteiger partial charge in [0.15, 0.2) is 5.96 Å². The zero-order valence-electron chi connectivity index (χ0n) is 13.0. The van der Waals surface area contributed by atoms with E-state index in [4.69, 9.17) is 0 Å². The molecule has 0 amide bonds. The van der Waals surface area contributed by atoms with Crippen LogP contribution in [0.3, 0.4) is 0 Å². The average Bonchev–Trinajstić information content (AvgIpc) is 3.14. The molecule has 0 bridgehead atoms. The maximum Gasteiger partial charge on any atom is 0.191 e. The monoisotopic (exact) mass is 445 g/mol. The molecule has 2 N–H and O–H groups in total. The average molecular weight is 445 g/mol. The van der Waals surface area contributed by atoms with E-state index in [2.05, 4.69) is 27.1 Å². The number of benzene rings is 1. The second kappa shape index (κ2) is 8.10. The lowest BCUT2D eigenvalue weighted by molar-refractivity contribution is 0.617. The SMILES string of the molecule is CN=C(NCc1cccs1)NCC1(c2ccc(F)cc2)CC1.I. The van der Waals surface area contributed by atoms with Crippen molar-refractivity contribution in [2.45, 2.75) is 24.8 Å². The molecule has 0 spiro atoms. The molecule has 1 heterocycles. The third-order valence-electron chi connectivity index (χ3n) is 4.14. The van der Waals surface area contributed by atoms with Gasteiger partial charge in [0, 0.05) is 23.9 Å². The molecular formula is C17H21FIN3S. The van der Waals surface area contributed by atoms with Gasteiger partial charge in [0.05, 0.1) is 6.54 Å². The molecule has 0 radical (unpaired) electrons. The number of nitrogens with zero attached hydrogens (tertiary/aromatic N) is 1. The highest BCUT2D eigenvalue weighted by atomic mass is 127. The minimum Gasteiger partial charge on any atom is -0.356 e. The van der Waals surface area contributed by atoms with E-state index >= 15 is 0 Å². The Kier molecular flexibility index (Phi) is 6.41. The smallest absolute Gasteiger partial charge is 0.191 e. The van der Waals surface area contributed by atoms with Crippen LogP contribution in [0.5, 0.6) is 0 Å². The normalized spacial score (nSPS) is 15.7. The van der Waals surface area contributed by atoms with Crippen LogP contribution < -0.4 is 10.6 Å². The van der Waals surface area contributed by atoms with Crippen molar-refractivity contribution in [1.82, 2.24) is 10.6 Å². The van der Waals surface area contributed by atoms with E-state index in [0.717, 1.165) is 31.9 Å². The van der Waals surface area contributed by atoms with E-state index in [1.807, 2.05) is 18.2 Å². The Balaban J connectivity index is 0.00000192. The number of thiophene rings is 1. The fourth-order valence-corrected chi connectivity index (χ4v) is 3.22. The second-order valence-electron chi connectivity index (χ2n) is 5.65. The van der Waals surface area contributed by atoms with Crippen LogP contribution in [-0.2, 0) is 12.0 Å². The lowest BCUT2D eigenvalue weighted by atomic mass is 9.96. The van der Waals surface area contributed by atoms with E-state index in [1.54, 1.807) is 30.5 Å². The van der Waals surface area contributed by atoms with Gasteiger partial charge in [-0.25, -0.2) is 4.39 Å². The molecule has 124 valence electrons. The lowest BCUT2D eigenvalue weighted by Gasteiger charge is -2.19. The van der Waals surface area contributed by atoms with Gasteiger partial charge in [-0.05, 0) is 42.0 Å². The summed E-state index contributed by atoms with van der Waals surface area (Å²) in [5, 5.41) is 8.79. The first-order chi connectivity index (χ1) is 10.7.